The SMILES string of the molecule is CCOc1cc(C(Cc2ccc(C(=N)N)cc2)c2nn(-c3ncccc3N)c(=O)[nH]2)ccc1OC. The van der Waals surface area contributed by atoms with Gasteiger partial charge in [0.1, 0.15) is 11.7 Å². The summed E-state index contributed by atoms with van der Waals surface area (Å²) in [4.78, 5) is 19.9. The number of nitrogens with two attached hydrogens (primary N) is 2. The summed E-state index contributed by atoms with van der Waals surface area (Å²) in [5.74, 6) is 1.58. The van der Waals surface area contributed by atoms with Gasteiger partial charge in [-0.05, 0) is 48.7 Å². The molecule has 6 N–H and O–H groups in total. The molecular weight excluding hydrogens is 446 g/mol. The van der Waals surface area contributed by atoms with E-state index in [1.807, 2.05) is 37.3 Å². The van der Waals surface area contributed by atoms with E-state index < -0.39 is 5.69 Å². The second-order valence-corrected chi connectivity index (χ2v) is 7.85. The third-order valence-corrected chi connectivity index (χ3v) is 5.58. The second-order valence-electron chi connectivity index (χ2n) is 7.85. The van der Waals surface area contributed by atoms with Crippen LogP contribution in [0.4, 0.5) is 5.69 Å². The minimum Gasteiger partial charge on any atom is -0.493 e. The Bertz CT molecular complexity index is 1390. The maximum atomic E-state index is 12.8. The third-order valence-electron chi connectivity index (χ3n) is 5.58. The Morgan fingerprint density at radius 1 is 1.17 bits per heavy atom. The van der Waals surface area contributed by atoms with Crippen molar-refractivity contribution in [1.29, 1.82) is 5.41 Å². The van der Waals surface area contributed by atoms with Gasteiger partial charge in [-0.3, -0.25) is 10.4 Å². The number of aromatic nitrogens is 4. The predicted octanol–water partition coefficient (Wildman–Crippen LogP) is 2.60. The molecule has 0 saturated heterocycles. The number of pyridine rings is 1. The number of H-pyrrole nitrogens is 1. The van der Waals surface area contributed by atoms with E-state index in [1.165, 1.54) is 4.68 Å². The number of ether oxygens (including phenoxy) is 2. The van der Waals surface area contributed by atoms with Gasteiger partial charge in [0.2, 0.25) is 0 Å². The first kappa shape index (κ1) is 23.6. The largest absolute Gasteiger partial charge is 0.493 e. The van der Waals surface area contributed by atoms with Crippen LogP contribution in [0.1, 0.15) is 35.4 Å². The molecule has 10 nitrogen and oxygen atoms in total. The lowest BCUT2D eigenvalue weighted by Gasteiger charge is -2.18. The zero-order valence-corrected chi connectivity index (χ0v) is 19.5. The molecule has 0 radical (unpaired) electrons. The van der Waals surface area contributed by atoms with Crippen molar-refractivity contribution in [3.63, 3.8) is 0 Å². The van der Waals surface area contributed by atoms with Crippen molar-refractivity contribution in [2.75, 3.05) is 19.5 Å². The van der Waals surface area contributed by atoms with Crippen molar-refractivity contribution in [3.8, 4) is 17.3 Å². The van der Waals surface area contributed by atoms with Crippen molar-refractivity contribution < 1.29 is 9.47 Å². The van der Waals surface area contributed by atoms with Crippen LogP contribution in [0.3, 0.4) is 0 Å². The fraction of sp³-hybridized carbons (Fsp3) is 0.200. The van der Waals surface area contributed by atoms with Gasteiger partial charge in [0.05, 0.1) is 19.4 Å². The van der Waals surface area contributed by atoms with Crippen LogP contribution in [-0.4, -0.2) is 39.3 Å². The Kier molecular flexibility index (Phi) is 6.81. The lowest BCUT2D eigenvalue weighted by molar-refractivity contribution is 0.310. The molecule has 0 saturated carbocycles. The van der Waals surface area contributed by atoms with Crippen LogP contribution in [0.5, 0.6) is 11.5 Å². The molecule has 0 fully saturated rings. The smallest absolute Gasteiger partial charge is 0.349 e. The van der Waals surface area contributed by atoms with E-state index in [9.17, 15) is 4.79 Å². The second kappa shape index (κ2) is 10.1. The monoisotopic (exact) mass is 473 g/mol. The first-order chi connectivity index (χ1) is 16.9. The van der Waals surface area contributed by atoms with Crippen LogP contribution in [0.25, 0.3) is 5.82 Å². The number of rotatable bonds is 9. The Balaban J connectivity index is 1.80. The van der Waals surface area contributed by atoms with E-state index >= 15 is 0 Å². The first-order valence-electron chi connectivity index (χ1n) is 11.1. The highest BCUT2D eigenvalue weighted by atomic mass is 16.5. The van der Waals surface area contributed by atoms with E-state index in [0.29, 0.717) is 41.6 Å². The molecule has 4 aromatic rings. The van der Waals surface area contributed by atoms with Gasteiger partial charge in [-0.15, -0.1) is 5.10 Å². The number of hydrogen-bond acceptors (Lipinski definition) is 7. The molecular formula is C25H27N7O3. The van der Waals surface area contributed by atoms with Crippen LogP contribution in [0, 0.1) is 5.41 Å². The number of methoxy groups -OCH3 is 1. The van der Waals surface area contributed by atoms with Crippen molar-refractivity contribution >= 4 is 11.5 Å². The minimum absolute atomic E-state index is 0.000587. The van der Waals surface area contributed by atoms with Gasteiger partial charge in [-0.1, -0.05) is 30.3 Å². The Hall–Kier alpha value is -4.60. The highest BCUT2D eigenvalue weighted by Gasteiger charge is 2.23. The number of hydrogen-bond donors (Lipinski definition) is 4. The van der Waals surface area contributed by atoms with Gasteiger partial charge in [0.15, 0.2) is 17.3 Å². The van der Waals surface area contributed by atoms with Gasteiger partial charge in [-0.2, -0.15) is 4.68 Å². The van der Waals surface area contributed by atoms with E-state index in [1.54, 1.807) is 37.6 Å². The molecule has 180 valence electrons. The zero-order valence-electron chi connectivity index (χ0n) is 19.5. The molecule has 0 amide bonds. The van der Waals surface area contributed by atoms with Gasteiger partial charge < -0.3 is 20.9 Å². The number of anilines is 1. The van der Waals surface area contributed by atoms with Gasteiger partial charge >= 0.3 is 5.69 Å². The minimum atomic E-state index is -0.444. The molecule has 1 unspecified atom stereocenters. The van der Waals surface area contributed by atoms with E-state index in [2.05, 4.69) is 15.1 Å². The van der Waals surface area contributed by atoms with E-state index in [4.69, 9.17) is 26.4 Å². The molecule has 10 heteroatoms. The van der Waals surface area contributed by atoms with Crippen molar-refractivity contribution in [2.24, 2.45) is 5.73 Å². The van der Waals surface area contributed by atoms with Crippen LogP contribution in [0.2, 0.25) is 0 Å². The normalized spacial score (nSPS) is 11.7. The summed E-state index contributed by atoms with van der Waals surface area (Å²) in [6.07, 6.45) is 2.07. The highest BCUT2D eigenvalue weighted by molar-refractivity contribution is 5.94. The summed E-state index contributed by atoms with van der Waals surface area (Å²) in [6, 6.07) is 16.4. The molecule has 0 spiro atoms. The molecule has 2 aromatic heterocycles. The lowest BCUT2D eigenvalue weighted by atomic mass is 9.90. The van der Waals surface area contributed by atoms with Gasteiger partial charge in [0, 0.05) is 17.7 Å². The molecule has 0 bridgehead atoms. The fourth-order valence-electron chi connectivity index (χ4n) is 3.83. The third kappa shape index (κ3) is 5.01. The van der Waals surface area contributed by atoms with Gasteiger partial charge in [-0.25, -0.2) is 9.78 Å². The summed E-state index contributed by atoms with van der Waals surface area (Å²) in [5, 5.41) is 12.2. The predicted molar refractivity (Wildman–Crippen MR) is 134 cm³/mol. The van der Waals surface area contributed by atoms with Crippen LogP contribution in [0.15, 0.2) is 65.6 Å². The van der Waals surface area contributed by atoms with E-state index in [-0.39, 0.29) is 17.6 Å². The molecule has 0 aliphatic heterocycles. The number of nitrogens with one attached hydrogen (secondary N) is 2. The van der Waals surface area contributed by atoms with Gasteiger partial charge in [0.25, 0.3) is 0 Å². The first-order valence-corrected chi connectivity index (χ1v) is 11.1. The summed E-state index contributed by atoms with van der Waals surface area (Å²) in [5.41, 5.74) is 14.0. The maximum absolute atomic E-state index is 12.8. The Labute approximate surface area is 202 Å². The summed E-state index contributed by atoms with van der Waals surface area (Å²) >= 11 is 0. The number of amidine groups is 1. The van der Waals surface area contributed by atoms with Crippen molar-refractivity contribution in [2.45, 2.75) is 19.3 Å². The van der Waals surface area contributed by atoms with Crippen LogP contribution >= 0.6 is 0 Å². The van der Waals surface area contributed by atoms with E-state index in [0.717, 1.165) is 11.1 Å². The molecule has 2 heterocycles. The lowest BCUT2D eigenvalue weighted by Crippen LogP contribution is -2.18. The molecule has 0 aliphatic rings. The topological polar surface area (TPSA) is 158 Å². The molecule has 0 aliphatic carbocycles. The number of nitrogen functional groups attached to an aromatic ring is 2. The number of nitrogens with zero attached hydrogens (tertiary/aromatic N) is 3. The van der Waals surface area contributed by atoms with Crippen molar-refractivity contribution in [3.05, 3.63) is 93.8 Å². The molecule has 35 heavy (non-hydrogen) atoms. The number of benzene rings is 2. The zero-order chi connectivity index (χ0) is 24.9. The Morgan fingerprint density at radius 3 is 2.60 bits per heavy atom. The maximum Gasteiger partial charge on any atom is 0.349 e. The fourth-order valence-corrected chi connectivity index (χ4v) is 3.83. The molecule has 2 aromatic carbocycles. The van der Waals surface area contributed by atoms with Crippen LogP contribution in [-0.2, 0) is 6.42 Å². The quantitative estimate of drug-likeness (QED) is 0.215. The average molecular weight is 474 g/mol. The molecule has 1 atom stereocenters. The summed E-state index contributed by atoms with van der Waals surface area (Å²) in [7, 11) is 1.59. The highest BCUT2D eigenvalue weighted by Crippen LogP contribution is 2.34. The van der Waals surface area contributed by atoms with Crippen molar-refractivity contribution in [1.82, 2.24) is 19.7 Å². The Morgan fingerprint density at radius 2 is 1.94 bits per heavy atom. The summed E-state index contributed by atoms with van der Waals surface area (Å²) < 4.78 is 12.4. The molecule has 4 rings (SSSR count). The average Bonchev–Trinajstić information content (AvgIpc) is 3.24. The summed E-state index contributed by atoms with van der Waals surface area (Å²) in [6.45, 7) is 2.37. The number of aromatic amines is 1. The van der Waals surface area contributed by atoms with Crippen LogP contribution < -0.4 is 26.6 Å². The standard InChI is InChI=1S/C25H27N7O3/c1-3-35-21-14-17(10-11-20(21)34-2)18(13-15-6-8-16(9-7-15)22(27)28)23-30-25(33)32(31-23)24-19(26)5-4-12-29-24/h4-12,14,18H,3,13,26H2,1-2H3,(H3,27,28)(H,30,31,33).